The average molecular weight is 349 g/mol. The summed E-state index contributed by atoms with van der Waals surface area (Å²) < 4.78 is 0. The van der Waals surface area contributed by atoms with Gasteiger partial charge in [0, 0.05) is 37.2 Å². The third-order valence-corrected chi connectivity index (χ3v) is 3.96. The molecule has 0 aliphatic carbocycles. The number of imidazole rings is 1. The first-order valence-corrected chi connectivity index (χ1v) is 8.11. The summed E-state index contributed by atoms with van der Waals surface area (Å²) in [5.74, 6) is 0.379. The number of pyridine rings is 1. The predicted octanol–water partition coefficient (Wildman–Crippen LogP) is 2.32. The number of aryl methyl sites for hydroxylation is 1. The third-order valence-electron chi connectivity index (χ3n) is 3.96. The van der Waals surface area contributed by atoms with Gasteiger partial charge in [-0.2, -0.15) is 0 Å². The topological polar surface area (TPSA) is 91.0 Å². The molecule has 0 radical (unpaired) electrons. The minimum Gasteiger partial charge on any atom is -0.347 e. The minimum absolute atomic E-state index is 0.108. The van der Waals surface area contributed by atoms with Gasteiger partial charge in [-0.3, -0.25) is 14.6 Å². The summed E-state index contributed by atoms with van der Waals surface area (Å²) in [6.45, 7) is 2.18. The molecule has 2 aromatic heterocycles. The van der Waals surface area contributed by atoms with Gasteiger partial charge in [-0.05, 0) is 36.8 Å². The number of carbonyl (C=O) groups is 2. The Balaban J connectivity index is 1.61. The molecule has 7 nitrogen and oxygen atoms in total. The van der Waals surface area contributed by atoms with E-state index in [-0.39, 0.29) is 11.8 Å². The van der Waals surface area contributed by atoms with Crippen LogP contribution in [-0.2, 0) is 6.54 Å². The molecule has 0 spiro atoms. The Morgan fingerprint density at radius 3 is 2.42 bits per heavy atom. The number of carbonyl (C=O) groups excluding carboxylic acids is 2. The number of anilines is 1. The number of aromatic nitrogens is 3. The molecule has 0 bridgehead atoms. The molecule has 132 valence electrons. The Hall–Kier alpha value is -3.48. The highest BCUT2D eigenvalue weighted by Gasteiger charge is 2.13. The molecule has 0 aliphatic rings. The highest BCUT2D eigenvalue weighted by molar-refractivity contribution is 6.05. The largest absolute Gasteiger partial charge is 0.347 e. The molecule has 2 amide bonds. The van der Waals surface area contributed by atoms with E-state index in [9.17, 15) is 9.59 Å². The second-order valence-corrected chi connectivity index (χ2v) is 5.83. The fourth-order valence-electron chi connectivity index (χ4n) is 2.46. The van der Waals surface area contributed by atoms with Crippen molar-refractivity contribution in [3.63, 3.8) is 0 Å². The van der Waals surface area contributed by atoms with E-state index in [1.807, 2.05) is 24.3 Å². The fraction of sp³-hybridized carbons (Fsp3) is 0.158. The zero-order chi connectivity index (χ0) is 18.5. The molecule has 0 fully saturated rings. The number of nitrogens with zero attached hydrogens (tertiary/aromatic N) is 3. The monoisotopic (exact) mass is 349 g/mol. The minimum atomic E-state index is -0.209. The molecule has 3 rings (SSSR count). The van der Waals surface area contributed by atoms with Gasteiger partial charge in [0.15, 0.2) is 0 Å². The lowest BCUT2D eigenvalue weighted by molar-refractivity contribution is 0.0945. The molecule has 0 unspecified atom stereocenters. The van der Waals surface area contributed by atoms with Gasteiger partial charge in [0.1, 0.15) is 11.5 Å². The standard InChI is InChI=1S/C19H19N5O2/c1-13-21-12-17(23-13)18(25)22-11-14-3-5-16(6-4-14)24(2)19(26)15-7-9-20-10-8-15/h3-10,12H,11H2,1-2H3,(H,21,23)(H,22,25). The number of H-pyrrole nitrogens is 1. The van der Waals surface area contributed by atoms with E-state index in [1.54, 1.807) is 43.4 Å². The zero-order valence-corrected chi connectivity index (χ0v) is 14.6. The van der Waals surface area contributed by atoms with Crippen molar-refractivity contribution in [1.29, 1.82) is 0 Å². The number of hydrogen-bond donors (Lipinski definition) is 2. The van der Waals surface area contributed by atoms with Crippen LogP contribution in [0.3, 0.4) is 0 Å². The van der Waals surface area contributed by atoms with Crippen LogP contribution in [0.25, 0.3) is 0 Å². The molecule has 2 N–H and O–H groups in total. The Morgan fingerprint density at radius 1 is 1.12 bits per heavy atom. The fourth-order valence-corrected chi connectivity index (χ4v) is 2.46. The predicted molar refractivity (Wildman–Crippen MR) is 97.9 cm³/mol. The lowest BCUT2D eigenvalue weighted by atomic mass is 10.1. The molecule has 3 aromatic rings. The Bertz CT molecular complexity index is 903. The number of nitrogens with one attached hydrogen (secondary N) is 2. The van der Waals surface area contributed by atoms with Crippen LogP contribution in [0.2, 0.25) is 0 Å². The molecular weight excluding hydrogens is 330 g/mol. The van der Waals surface area contributed by atoms with Gasteiger partial charge in [0.05, 0.1) is 6.20 Å². The summed E-state index contributed by atoms with van der Waals surface area (Å²) in [6.07, 6.45) is 4.69. The van der Waals surface area contributed by atoms with Crippen LogP contribution in [-0.4, -0.2) is 33.8 Å². The van der Waals surface area contributed by atoms with Crippen LogP contribution < -0.4 is 10.2 Å². The first kappa shape index (κ1) is 17.3. The van der Waals surface area contributed by atoms with Crippen molar-refractivity contribution in [3.05, 3.63) is 77.6 Å². The second-order valence-electron chi connectivity index (χ2n) is 5.83. The first-order valence-electron chi connectivity index (χ1n) is 8.11. The summed E-state index contributed by atoms with van der Waals surface area (Å²) in [4.78, 5) is 36.8. The van der Waals surface area contributed by atoms with Crippen molar-refractivity contribution in [2.45, 2.75) is 13.5 Å². The van der Waals surface area contributed by atoms with Crippen LogP contribution in [0.1, 0.15) is 32.2 Å². The van der Waals surface area contributed by atoms with Gasteiger partial charge in [-0.25, -0.2) is 4.98 Å². The van der Waals surface area contributed by atoms with Crippen molar-refractivity contribution >= 4 is 17.5 Å². The van der Waals surface area contributed by atoms with E-state index in [0.717, 1.165) is 11.3 Å². The quantitative estimate of drug-likeness (QED) is 0.739. The van der Waals surface area contributed by atoms with Crippen LogP contribution >= 0.6 is 0 Å². The van der Waals surface area contributed by atoms with Crippen LogP contribution in [0.5, 0.6) is 0 Å². The number of aromatic amines is 1. The summed E-state index contributed by atoms with van der Waals surface area (Å²) in [5, 5.41) is 2.83. The maximum Gasteiger partial charge on any atom is 0.269 e. The number of benzene rings is 1. The molecule has 0 atom stereocenters. The Kier molecular flexibility index (Phi) is 5.07. The Morgan fingerprint density at radius 2 is 1.81 bits per heavy atom. The van der Waals surface area contributed by atoms with Gasteiger partial charge in [-0.1, -0.05) is 12.1 Å². The molecule has 26 heavy (non-hydrogen) atoms. The zero-order valence-electron chi connectivity index (χ0n) is 14.6. The van der Waals surface area contributed by atoms with Gasteiger partial charge in [0.25, 0.3) is 11.8 Å². The molecule has 7 heteroatoms. The highest BCUT2D eigenvalue weighted by Crippen LogP contribution is 2.16. The van der Waals surface area contributed by atoms with Gasteiger partial charge >= 0.3 is 0 Å². The smallest absolute Gasteiger partial charge is 0.269 e. The van der Waals surface area contributed by atoms with Crippen LogP contribution in [0.4, 0.5) is 5.69 Å². The van der Waals surface area contributed by atoms with Gasteiger partial charge in [-0.15, -0.1) is 0 Å². The van der Waals surface area contributed by atoms with E-state index < -0.39 is 0 Å². The van der Waals surface area contributed by atoms with Gasteiger partial charge < -0.3 is 15.2 Å². The lowest BCUT2D eigenvalue weighted by Crippen LogP contribution is -2.26. The molecule has 0 saturated carbocycles. The van der Waals surface area contributed by atoms with Crippen molar-refractivity contribution in [2.24, 2.45) is 0 Å². The summed E-state index contributed by atoms with van der Waals surface area (Å²) in [7, 11) is 1.72. The van der Waals surface area contributed by atoms with Crippen molar-refractivity contribution < 1.29 is 9.59 Å². The number of amides is 2. The maximum absolute atomic E-state index is 12.4. The SMILES string of the molecule is Cc1ncc(C(=O)NCc2ccc(N(C)C(=O)c3ccncc3)cc2)[nH]1. The van der Waals surface area contributed by atoms with Crippen molar-refractivity contribution in [3.8, 4) is 0 Å². The van der Waals surface area contributed by atoms with Crippen molar-refractivity contribution in [1.82, 2.24) is 20.3 Å². The summed E-state index contributed by atoms with van der Waals surface area (Å²) in [5.41, 5.74) is 2.71. The molecule has 2 heterocycles. The van der Waals surface area contributed by atoms with E-state index in [4.69, 9.17) is 0 Å². The average Bonchev–Trinajstić information content (AvgIpc) is 3.12. The van der Waals surface area contributed by atoms with Gasteiger partial charge in [0.2, 0.25) is 0 Å². The van der Waals surface area contributed by atoms with E-state index in [2.05, 4.69) is 20.3 Å². The van der Waals surface area contributed by atoms with E-state index >= 15 is 0 Å². The molecule has 1 aromatic carbocycles. The number of rotatable bonds is 5. The summed E-state index contributed by atoms with van der Waals surface area (Å²) in [6, 6.07) is 10.8. The molecular formula is C19H19N5O2. The second kappa shape index (κ2) is 7.60. The highest BCUT2D eigenvalue weighted by atomic mass is 16.2. The van der Waals surface area contributed by atoms with E-state index in [1.165, 1.54) is 6.20 Å². The Labute approximate surface area is 151 Å². The molecule has 0 saturated heterocycles. The summed E-state index contributed by atoms with van der Waals surface area (Å²) >= 11 is 0. The van der Waals surface area contributed by atoms with E-state index in [0.29, 0.717) is 23.6 Å². The van der Waals surface area contributed by atoms with Crippen LogP contribution in [0.15, 0.2) is 55.0 Å². The lowest BCUT2D eigenvalue weighted by Gasteiger charge is -2.17. The van der Waals surface area contributed by atoms with Crippen LogP contribution in [0, 0.1) is 6.92 Å². The maximum atomic E-state index is 12.4. The number of hydrogen-bond acceptors (Lipinski definition) is 4. The first-order chi connectivity index (χ1) is 12.5. The normalized spacial score (nSPS) is 10.4. The van der Waals surface area contributed by atoms with Crippen molar-refractivity contribution in [2.75, 3.05) is 11.9 Å². The third kappa shape index (κ3) is 3.94. The molecule has 0 aliphatic heterocycles.